The third-order valence-electron chi connectivity index (χ3n) is 29.2. The first-order chi connectivity index (χ1) is 70.6. The van der Waals surface area contributed by atoms with Gasteiger partial charge < -0.3 is 13.7 Å². The Morgan fingerprint density at radius 2 is 0.567 bits per heavy atom. The molecule has 0 radical (unpaired) electrons. The number of para-hydroxylation sites is 1. The van der Waals surface area contributed by atoms with Crippen LogP contribution in [0.4, 0.5) is 22.0 Å². The molecule has 28 rings (SSSR count). The summed E-state index contributed by atoms with van der Waals surface area (Å²) in [6.45, 7) is 17.9. The largest absolute Gasteiger partial charge is 0.308 e. The average Bonchev–Trinajstić information content (AvgIpc) is 1.55. The quantitative estimate of drug-likeness (QED) is 0.0837. The predicted octanol–water partition coefficient (Wildman–Crippen LogP) is 30.9. The van der Waals surface area contributed by atoms with E-state index in [9.17, 15) is 22.0 Å². The van der Waals surface area contributed by atoms with Crippen LogP contribution in [0.15, 0.2) is 383 Å². The fourth-order valence-corrected chi connectivity index (χ4v) is 22.3. The Morgan fingerprint density at radius 1 is 0.241 bits per heavy atom. The van der Waals surface area contributed by atoms with Gasteiger partial charge in [0.25, 0.3) is 0 Å². The van der Waals surface area contributed by atoms with Crippen LogP contribution >= 0.6 is 0 Å². The minimum atomic E-state index is -2.19. The van der Waals surface area contributed by atoms with Crippen molar-refractivity contribution in [1.29, 1.82) is 0 Å². The lowest BCUT2D eigenvalue weighted by molar-refractivity contribution is 0.376. The second kappa shape index (κ2) is 32.4. The van der Waals surface area contributed by atoms with Crippen LogP contribution in [0.5, 0.6) is 0 Å². The Balaban J connectivity index is 0.000000102. The molecule has 4 aliphatic rings. The maximum atomic E-state index is 14.9. The summed E-state index contributed by atoms with van der Waals surface area (Å²) >= 11 is 0. The second-order valence-corrected chi connectivity index (χ2v) is 38.4. The lowest BCUT2D eigenvalue weighted by atomic mass is 9.81. The van der Waals surface area contributed by atoms with E-state index in [0.29, 0.717) is 39.5 Å². The molecule has 0 atom stereocenters. The molecule has 0 aliphatic heterocycles. The highest BCUT2D eigenvalue weighted by Gasteiger charge is 2.42. The van der Waals surface area contributed by atoms with E-state index < -0.39 is 40.8 Å². The van der Waals surface area contributed by atoms with Crippen molar-refractivity contribution in [3.8, 4) is 113 Å². The van der Waals surface area contributed by atoms with Gasteiger partial charge in [-0.1, -0.05) is 268 Å². The molecule has 141 heavy (non-hydrogen) atoms. The number of hydrogen-bond donors (Lipinski definition) is 0. The van der Waals surface area contributed by atoms with Crippen molar-refractivity contribution in [2.45, 2.75) is 77.0 Å². The van der Waals surface area contributed by atoms with Crippen LogP contribution in [0.1, 0.15) is 107 Å². The summed E-state index contributed by atoms with van der Waals surface area (Å²) < 4.78 is 121. The van der Waals surface area contributed by atoms with Gasteiger partial charge in [-0.05, 0) is 245 Å². The number of aromatic nitrogens is 12. The van der Waals surface area contributed by atoms with Gasteiger partial charge in [-0.2, -0.15) is 9.97 Å². The Bertz CT molecular complexity index is 9280. The summed E-state index contributed by atoms with van der Waals surface area (Å²) in [5.74, 6) is -8.11. The van der Waals surface area contributed by atoms with Crippen molar-refractivity contribution < 1.29 is 28.8 Å². The molecule has 0 unspecified atom stereocenters. The van der Waals surface area contributed by atoms with Gasteiger partial charge in [0.15, 0.2) is 34.9 Å². The smallest absolute Gasteiger partial charge is 0.238 e. The van der Waals surface area contributed by atoms with E-state index in [4.69, 9.17) is 31.8 Å². The number of pyridine rings is 5. The van der Waals surface area contributed by atoms with Gasteiger partial charge in [0.1, 0.15) is 5.69 Å². The Labute approximate surface area is 815 Å². The number of benzene rings is 14. The monoisotopic (exact) mass is 1840 g/mol. The number of nitrogens with zero attached hydrogens (tertiary/aromatic N) is 12. The minimum absolute atomic E-state index is 0.0998. The normalized spacial score (nSPS) is 14.3. The van der Waals surface area contributed by atoms with E-state index in [1.54, 1.807) is 35.0 Å². The van der Waals surface area contributed by atoms with Crippen LogP contribution in [-0.4, -0.2) is 58.1 Å². The van der Waals surface area contributed by atoms with E-state index in [1.165, 1.54) is 83.9 Å². The van der Waals surface area contributed by atoms with E-state index in [0.717, 1.165) is 115 Å². The molecule has 0 fully saturated rings. The molecule has 0 saturated carbocycles. The molecule has 24 aromatic rings. The van der Waals surface area contributed by atoms with Gasteiger partial charge >= 0.3 is 0 Å². The summed E-state index contributed by atoms with van der Waals surface area (Å²) in [4.78, 5) is 38.0. The van der Waals surface area contributed by atoms with Gasteiger partial charge in [-0.25, -0.2) is 26.9 Å². The number of fused-ring (bicyclic) bond motifs is 24. The van der Waals surface area contributed by atoms with Crippen LogP contribution < -0.4 is 0 Å². The molecular formula is C124H87F5N12. The molecule has 14 aromatic carbocycles. The molecular weight excluding hydrogens is 1750 g/mol. The first kappa shape index (κ1) is 79.9. The highest BCUT2D eigenvalue weighted by molar-refractivity contribution is 6.14. The molecule has 0 saturated heterocycles. The summed E-state index contributed by atoms with van der Waals surface area (Å²) in [6, 6.07) is 106. The van der Waals surface area contributed by atoms with Crippen LogP contribution in [0, 0.1) is 29.1 Å². The van der Waals surface area contributed by atoms with Crippen LogP contribution in [-0.2, 0) is 21.7 Å². The third-order valence-corrected chi connectivity index (χ3v) is 29.2. The molecule has 4 aliphatic carbocycles. The van der Waals surface area contributed by atoms with Crippen molar-refractivity contribution in [3.05, 3.63) is 456 Å². The van der Waals surface area contributed by atoms with Gasteiger partial charge in [0.05, 0.1) is 73.1 Å². The maximum Gasteiger partial charge on any atom is 0.238 e. The fourth-order valence-electron chi connectivity index (χ4n) is 22.3. The van der Waals surface area contributed by atoms with Gasteiger partial charge in [-0.15, -0.1) is 0 Å². The number of rotatable bonds is 8. The summed E-state index contributed by atoms with van der Waals surface area (Å²) in [6.07, 6.45) is 10.7. The zero-order valence-electron chi connectivity index (χ0n) is 82.7. The first-order valence-electron chi connectivity index (χ1n) is 49.4. The van der Waals surface area contributed by atoms with Crippen molar-refractivity contribution in [2.75, 3.05) is 0 Å². The molecule has 0 amide bonds. The Hall–Kier alpha value is -17.3. The van der Waals surface area contributed by atoms with Crippen molar-refractivity contribution in [1.82, 2.24) is 58.1 Å². The molecule has 0 N–H and O–H groups in total. The summed E-state index contributed by atoms with van der Waals surface area (Å²) in [7, 11) is 0. The number of hydrogen-bond acceptors (Lipinski definition) is 8. The van der Waals surface area contributed by atoms with Crippen LogP contribution in [0.3, 0.4) is 0 Å². The molecule has 678 valence electrons. The van der Waals surface area contributed by atoms with Crippen LogP contribution in [0.2, 0.25) is 0 Å². The van der Waals surface area contributed by atoms with E-state index in [1.807, 2.05) is 146 Å². The lowest BCUT2D eigenvalue weighted by Crippen LogP contribution is -2.15. The first-order valence-corrected chi connectivity index (χ1v) is 46.9. The van der Waals surface area contributed by atoms with Gasteiger partial charge in [-0.3, -0.25) is 29.5 Å². The zero-order chi connectivity index (χ0) is 100. The second-order valence-electron chi connectivity index (χ2n) is 38.4. The summed E-state index contributed by atoms with van der Waals surface area (Å²) in [5, 5.41) is 3.75. The molecule has 12 nitrogen and oxygen atoms in total. The maximum absolute atomic E-state index is 14.9. The highest BCUT2D eigenvalue weighted by Crippen LogP contribution is 2.57. The van der Waals surface area contributed by atoms with Gasteiger partial charge in [0, 0.05) is 103 Å². The van der Waals surface area contributed by atoms with E-state index >= 15 is 0 Å². The molecule has 10 aromatic heterocycles. The van der Waals surface area contributed by atoms with Crippen molar-refractivity contribution >= 4 is 87.7 Å². The standard InChI is InChI=1S/C37H27N3.C35H25N5.C26H15F5N2.C26H20N2/c1-37(2)32-20-26(24-8-4-3-5-9-24)14-17-29(32)30-22-35-31(21-33(30)37)36-34(11-7-19-39-36)40(35)28-15-12-25(13-16-28)27-10-6-18-38-23-27;1-35(2)27-17-10-9-16-24(27)25-21-30-26(20-28(25)35)31-29(18-11-19-36-31)40(30)34-38-32(22-12-5-3-6-13-22)37-33(39-34)23-14-7-4-8-15-23;1-26(2)15-7-4-3-6-12(15)13-11-18-14(10-16(13)26)24-17(8-5-9-32-24)33(18)25-22(30)20(28)19(27)21(29)23(25)31;1-26(2)21-12-7-6-11-18(21)19-16-24-20(15-22(19)26)25-23(13-8-14-27-25)28(24)17-9-4-3-5-10-17/h3-23H,1-2H3;3-21H,1-2H3;3-11H,1-2H3;3-16H,1-2H3/i;;;3D,4D,5D,9D,10D. The van der Waals surface area contributed by atoms with Crippen molar-refractivity contribution in [3.63, 3.8) is 0 Å². The molecule has 0 spiro atoms. The highest BCUT2D eigenvalue weighted by atomic mass is 19.2. The molecule has 0 bridgehead atoms. The molecule has 10 heterocycles. The van der Waals surface area contributed by atoms with Crippen LogP contribution in [0.25, 0.3) is 200 Å². The zero-order valence-corrected chi connectivity index (χ0v) is 77.7. The minimum Gasteiger partial charge on any atom is -0.308 e. The molecule has 17 heteroatoms. The summed E-state index contributed by atoms with van der Waals surface area (Å²) in [5.41, 5.74) is 34.8. The fraction of sp³-hybridized carbons (Fsp3) is 0.0968. The average molecular weight is 1850 g/mol. The van der Waals surface area contributed by atoms with Gasteiger partial charge in [0.2, 0.25) is 11.8 Å². The Kier molecular flexibility index (Phi) is 18.4. The topological polar surface area (TPSA) is 123 Å². The number of halogens is 5. The van der Waals surface area contributed by atoms with E-state index in [2.05, 4.69) is 249 Å². The van der Waals surface area contributed by atoms with Crippen molar-refractivity contribution in [2.24, 2.45) is 0 Å². The van der Waals surface area contributed by atoms with E-state index in [-0.39, 0.29) is 57.0 Å². The Morgan fingerprint density at radius 3 is 0.993 bits per heavy atom. The SMILES string of the molecule is CC1(C)c2cc(-c3ccccc3)ccc2-c2cc3c(cc21)c1ncccc1n3-c1ccc(-c2cccnc2)cc1.CC1(C)c2ccccc2-c2cc3c(cc21)c1ncccc1n3-c1c(F)c(F)c(F)c(F)c1F.CC1(C)c2ccccc2-c2cc3c(cc21)c1ncccc1n3-c1nc(-c2ccccc2)nc(-c2ccccc2)n1.[2H]c1c([2H])c([2H])c(-n2c3cc4c(cc3c3ncccc32)C(C)(C)c2ccccc2-4)c([2H])c1[2H]. The third kappa shape index (κ3) is 13.3. The predicted molar refractivity (Wildman–Crippen MR) is 557 cm³/mol. The lowest BCUT2D eigenvalue weighted by Gasteiger charge is -2.22.